The number of nitrogens with zero attached hydrogens (tertiary/aromatic N) is 6. The van der Waals surface area contributed by atoms with Crippen molar-refractivity contribution >= 4 is 10.9 Å². The summed E-state index contributed by atoms with van der Waals surface area (Å²) in [6.45, 7) is 6.61. The number of aromatic nitrogens is 5. The van der Waals surface area contributed by atoms with Gasteiger partial charge in [-0.1, -0.05) is 55.5 Å². The highest BCUT2D eigenvalue weighted by atomic mass is 19.1. The minimum Gasteiger partial charge on any atom is -0.322 e. The first-order valence-electron chi connectivity index (χ1n) is 13.7. The third kappa shape index (κ3) is 5.57. The van der Waals surface area contributed by atoms with E-state index in [1.54, 1.807) is 16.8 Å². The lowest BCUT2D eigenvalue weighted by Crippen LogP contribution is -2.48. The van der Waals surface area contributed by atoms with Crippen molar-refractivity contribution in [3.8, 4) is 0 Å². The van der Waals surface area contributed by atoms with Crippen LogP contribution in [-0.4, -0.2) is 61.2 Å². The molecular formula is C31H32FN7O. The van der Waals surface area contributed by atoms with Crippen molar-refractivity contribution in [2.45, 2.75) is 32.5 Å². The van der Waals surface area contributed by atoms with Crippen LogP contribution in [0.3, 0.4) is 0 Å². The van der Waals surface area contributed by atoms with Crippen LogP contribution >= 0.6 is 0 Å². The first kappa shape index (κ1) is 26.0. The average molecular weight is 538 g/mol. The Morgan fingerprint density at radius 2 is 1.60 bits per heavy atom. The van der Waals surface area contributed by atoms with Crippen LogP contribution in [0.15, 0.2) is 83.7 Å². The molecule has 1 atom stereocenters. The zero-order valence-electron chi connectivity index (χ0n) is 22.5. The molecule has 1 aliphatic heterocycles. The maximum absolute atomic E-state index is 13.6. The molecule has 1 aliphatic rings. The van der Waals surface area contributed by atoms with Crippen LogP contribution < -0.4 is 5.56 Å². The van der Waals surface area contributed by atoms with Crippen molar-refractivity contribution in [1.82, 2.24) is 35.0 Å². The van der Waals surface area contributed by atoms with Gasteiger partial charge < -0.3 is 4.98 Å². The SMILES string of the molecule is CCc1ccc2[nH]c(=O)c([C@H](c3nnnn3Cc3ccc(F)cc3)N3CCN(Cc4ccccc4)CC3)cc2c1. The molecule has 1 fully saturated rings. The predicted octanol–water partition coefficient (Wildman–Crippen LogP) is 4.17. The second-order valence-corrected chi connectivity index (χ2v) is 10.4. The Balaban J connectivity index is 1.35. The first-order chi connectivity index (χ1) is 19.6. The monoisotopic (exact) mass is 537 g/mol. The molecule has 1 saturated heterocycles. The van der Waals surface area contributed by atoms with Crippen molar-refractivity contribution in [2.75, 3.05) is 26.2 Å². The number of H-pyrrole nitrogens is 1. The van der Waals surface area contributed by atoms with Crippen molar-refractivity contribution in [1.29, 1.82) is 0 Å². The zero-order valence-corrected chi connectivity index (χ0v) is 22.5. The Hall–Kier alpha value is -4.21. The Bertz CT molecular complexity index is 1640. The molecule has 0 saturated carbocycles. The van der Waals surface area contributed by atoms with E-state index < -0.39 is 6.04 Å². The van der Waals surface area contributed by atoms with Crippen LogP contribution in [0.1, 0.15) is 41.0 Å². The summed E-state index contributed by atoms with van der Waals surface area (Å²) in [5.41, 5.74) is 4.65. The van der Waals surface area contributed by atoms with Gasteiger partial charge in [0.05, 0.1) is 6.54 Å². The number of aromatic amines is 1. The molecule has 0 spiro atoms. The number of pyridine rings is 1. The van der Waals surface area contributed by atoms with Gasteiger partial charge in [-0.15, -0.1) is 5.10 Å². The van der Waals surface area contributed by atoms with E-state index in [-0.39, 0.29) is 11.4 Å². The summed E-state index contributed by atoms with van der Waals surface area (Å²) in [5, 5.41) is 13.7. The van der Waals surface area contributed by atoms with E-state index in [9.17, 15) is 9.18 Å². The molecule has 2 aromatic heterocycles. The van der Waals surface area contributed by atoms with E-state index in [4.69, 9.17) is 0 Å². The predicted molar refractivity (Wildman–Crippen MR) is 152 cm³/mol. The van der Waals surface area contributed by atoms with Crippen molar-refractivity contribution in [3.05, 3.63) is 123 Å². The van der Waals surface area contributed by atoms with Crippen LogP contribution in [0.2, 0.25) is 0 Å². The number of piperazine rings is 1. The molecule has 0 aliphatic carbocycles. The number of halogens is 1. The van der Waals surface area contributed by atoms with Crippen LogP contribution in [-0.2, 0) is 19.5 Å². The molecule has 5 aromatic rings. The largest absolute Gasteiger partial charge is 0.322 e. The standard InChI is InChI=1S/C31H32FN7O/c1-2-22-10-13-28-25(18-22)19-27(31(40)33-28)29(30-34-35-36-39(30)21-24-8-11-26(32)12-9-24)38-16-14-37(15-17-38)20-23-6-4-3-5-7-23/h3-13,18-19,29H,2,14-17,20-21H2,1H3,(H,33,40)/t29-/m1/s1. The van der Waals surface area contributed by atoms with Gasteiger partial charge in [-0.3, -0.25) is 14.6 Å². The summed E-state index contributed by atoms with van der Waals surface area (Å²) in [7, 11) is 0. The van der Waals surface area contributed by atoms with E-state index in [0.717, 1.165) is 55.6 Å². The lowest BCUT2D eigenvalue weighted by Gasteiger charge is -2.38. The lowest BCUT2D eigenvalue weighted by atomic mass is 10.0. The van der Waals surface area contributed by atoms with E-state index in [2.05, 4.69) is 67.6 Å². The van der Waals surface area contributed by atoms with E-state index in [1.807, 2.05) is 24.3 Å². The second-order valence-electron chi connectivity index (χ2n) is 10.4. The van der Waals surface area contributed by atoms with Crippen LogP contribution in [0.4, 0.5) is 4.39 Å². The molecule has 3 aromatic carbocycles. The molecule has 0 amide bonds. The Kier molecular flexibility index (Phi) is 7.48. The van der Waals surface area contributed by atoms with Gasteiger partial charge >= 0.3 is 0 Å². The molecule has 3 heterocycles. The average Bonchev–Trinajstić information content (AvgIpc) is 3.43. The number of fused-ring (bicyclic) bond motifs is 1. The molecule has 0 unspecified atom stereocenters. The highest BCUT2D eigenvalue weighted by Gasteiger charge is 2.32. The Labute approximate surface area is 232 Å². The summed E-state index contributed by atoms with van der Waals surface area (Å²) >= 11 is 0. The van der Waals surface area contributed by atoms with Gasteiger partial charge in [-0.05, 0) is 69.3 Å². The molecule has 9 heteroatoms. The quantitative estimate of drug-likeness (QED) is 0.320. The normalized spacial score (nSPS) is 15.4. The van der Waals surface area contributed by atoms with Gasteiger partial charge in [-0.25, -0.2) is 9.07 Å². The fourth-order valence-electron chi connectivity index (χ4n) is 5.50. The molecule has 204 valence electrons. The molecular weight excluding hydrogens is 505 g/mol. The van der Waals surface area contributed by atoms with Gasteiger partial charge in [0.15, 0.2) is 5.82 Å². The van der Waals surface area contributed by atoms with E-state index >= 15 is 0 Å². The Morgan fingerprint density at radius 1 is 0.875 bits per heavy atom. The van der Waals surface area contributed by atoms with Gasteiger partial charge in [0.2, 0.25) is 0 Å². The number of rotatable bonds is 8. The fraction of sp³-hybridized carbons (Fsp3) is 0.290. The summed E-state index contributed by atoms with van der Waals surface area (Å²) in [5.74, 6) is 0.304. The van der Waals surface area contributed by atoms with Crippen molar-refractivity contribution in [2.24, 2.45) is 0 Å². The minimum absolute atomic E-state index is 0.148. The number of aryl methyl sites for hydroxylation is 1. The number of hydrogen-bond acceptors (Lipinski definition) is 6. The molecule has 6 rings (SSSR count). The molecule has 0 bridgehead atoms. The smallest absolute Gasteiger partial charge is 0.253 e. The third-order valence-electron chi connectivity index (χ3n) is 7.71. The number of hydrogen-bond donors (Lipinski definition) is 1. The summed E-state index contributed by atoms with van der Waals surface area (Å²) in [6.07, 6.45) is 0.910. The van der Waals surface area contributed by atoms with Crippen LogP contribution in [0, 0.1) is 5.82 Å². The van der Waals surface area contributed by atoms with E-state index in [1.165, 1.54) is 23.3 Å². The van der Waals surface area contributed by atoms with E-state index in [0.29, 0.717) is 17.9 Å². The number of nitrogens with one attached hydrogen (secondary N) is 1. The van der Waals surface area contributed by atoms with Crippen molar-refractivity contribution < 1.29 is 4.39 Å². The highest BCUT2D eigenvalue weighted by Crippen LogP contribution is 2.29. The maximum Gasteiger partial charge on any atom is 0.253 e. The molecule has 8 nitrogen and oxygen atoms in total. The van der Waals surface area contributed by atoms with Gasteiger partial charge in [0, 0.05) is 43.8 Å². The highest BCUT2D eigenvalue weighted by molar-refractivity contribution is 5.80. The Morgan fingerprint density at radius 3 is 2.35 bits per heavy atom. The van der Waals surface area contributed by atoms with Crippen LogP contribution in [0.5, 0.6) is 0 Å². The number of benzene rings is 3. The summed E-state index contributed by atoms with van der Waals surface area (Å²) in [6, 6.07) is 24.5. The third-order valence-corrected chi connectivity index (χ3v) is 7.71. The minimum atomic E-state index is -0.437. The summed E-state index contributed by atoms with van der Waals surface area (Å²) < 4.78 is 15.3. The maximum atomic E-state index is 13.6. The molecule has 1 N–H and O–H groups in total. The number of tetrazole rings is 1. The van der Waals surface area contributed by atoms with Crippen molar-refractivity contribution in [3.63, 3.8) is 0 Å². The topological polar surface area (TPSA) is 82.9 Å². The summed E-state index contributed by atoms with van der Waals surface area (Å²) in [4.78, 5) is 21.4. The van der Waals surface area contributed by atoms with Crippen LogP contribution in [0.25, 0.3) is 10.9 Å². The fourth-order valence-corrected chi connectivity index (χ4v) is 5.50. The first-order valence-corrected chi connectivity index (χ1v) is 13.7. The second kappa shape index (κ2) is 11.5. The zero-order chi connectivity index (χ0) is 27.5. The van der Waals surface area contributed by atoms with Gasteiger partial charge in [0.1, 0.15) is 11.9 Å². The van der Waals surface area contributed by atoms with Gasteiger partial charge in [-0.2, -0.15) is 0 Å². The lowest BCUT2D eigenvalue weighted by molar-refractivity contribution is 0.0998. The molecule has 0 radical (unpaired) electrons. The molecule has 40 heavy (non-hydrogen) atoms. The van der Waals surface area contributed by atoms with Gasteiger partial charge in [0.25, 0.3) is 5.56 Å².